The van der Waals surface area contributed by atoms with Gasteiger partial charge in [-0.15, -0.1) is 0 Å². The van der Waals surface area contributed by atoms with Gasteiger partial charge in [-0.05, 0) is 38.6 Å². The Balaban J connectivity index is 2.41. The summed E-state index contributed by atoms with van der Waals surface area (Å²) in [5.41, 5.74) is 2.58. The van der Waals surface area contributed by atoms with Gasteiger partial charge in [-0.1, -0.05) is 25.1 Å². The van der Waals surface area contributed by atoms with Gasteiger partial charge in [0.05, 0.1) is 12.1 Å². The fourth-order valence-electron chi connectivity index (χ4n) is 2.98. The molecule has 0 amide bonds. The minimum atomic E-state index is -0.763. The zero-order chi connectivity index (χ0) is 14.8. The van der Waals surface area contributed by atoms with Gasteiger partial charge in [-0.3, -0.25) is 9.79 Å². The number of hydrogen-bond donors (Lipinski definition) is 1. The molecule has 1 unspecified atom stereocenters. The van der Waals surface area contributed by atoms with Crippen LogP contribution in [0.3, 0.4) is 0 Å². The molecule has 1 N–H and O–H groups in total. The first-order chi connectivity index (χ1) is 9.49. The third-order valence-corrected chi connectivity index (χ3v) is 4.08. The Labute approximate surface area is 120 Å². The number of para-hydroxylation sites is 1. The number of nitrogens with zero attached hydrogens (tertiary/aromatic N) is 2. The Kier molecular flexibility index (Phi) is 4.23. The number of aliphatic imine (C=N–C) groups is 1. The van der Waals surface area contributed by atoms with Gasteiger partial charge in [0, 0.05) is 17.7 Å². The average Bonchev–Trinajstić information content (AvgIpc) is 2.70. The number of fused-ring (bicyclic) bond motifs is 1. The van der Waals surface area contributed by atoms with Gasteiger partial charge in [0.2, 0.25) is 0 Å². The van der Waals surface area contributed by atoms with Crippen LogP contribution in [0.1, 0.15) is 31.7 Å². The lowest BCUT2D eigenvalue weighted by atomic mass is 9.72. The van der Waals surface area contributed by atoms with Crippen LogP contribution in [-0.2, 0) is 10.2 Å². The minimum Gasteiger partial charge on any atom is -0.481 e. The molecule has 1 aliphatic rings. The number of carboxylic acids is 1. The van der Waals surface area contributed by atoms with E-state index in [0.717, 1.165) is 36.3 Å². The van der Waals surface area contributed by atoms with E-state index in [1.165, 1.54) is 0 Å². The van der Waals surface area contributed by atoms with E-state index < -0.39 is 11.4 Å². The molecule has 2 rings (SSSR count). The summed E-state index contributed by atoms with van der Waals surface area (Å²) in [5.74, 6) is -0.763. The summed E-state index contributed by atoms with van der Waals surface area (Å²) in [6.07, 6.45) is 1.69. The molecule has 0 aromatic heterocycles. The van der Waals surface area contributed by atoms with Crippen LogP contribution in [0, 0.1) is 0 Å². The normalized spacial score (nSPS) is 20.9. The maximum Gasteiger partial charge on any atom is 0.304 e. The molecule has 108 valence electrons. The Hall–Kier alpha value is -1.68. The van der Waals surface area contributed by atoms with E-state index in [0.29, 0.717) is 0 Å². The predicted octanol–water partition coefficient (Wildman–Crippen LogP) is 2.85. The number of carboxylic acid groups (broad SMARTS) is 1. The number of benzene rings is 1. The fourth-order valence-corrected chi connectivity index (χ4v) is 2.98. The van der Waals surface area contributed by atoms with E-state index in [-0.39, 0.29) is 6.42 Å². The molecule has 0 saturated carbocycles. The van der Waals surface area contributed by atoms with E-state index in [9.17, 15) is 9.90 Å². The Morgan fingerprint density at radius 2 is 2.05 bits per heavy atom. The lowest BCUT2D eigenvalue weighted by molar-refractivity contribution is -0.137. The van der Waals surface area contributed by atoms with Crippen LogP contribution in [0.25, 0.3) is 0 Å². The van der Waals surface area contributed by atoms with Gasteiger partial charge in [0.15, 0.2) is 0 Å². The summed E-state index contributed by atoms with van der Waals surface area (Å²) in [5, 5.41) is 9.33. The molecular weight excluding hydrogens is 252 g/mol. The summed E-state index contributed by atoms with van der Waals surface area (Å²) in [7, 11) is 4.04. The molecule has 1 aliphatic heterocycles. The lowest BCUT2D eigenvalue weighted by Crippen LogP contribution is -2.36. The topological polar surface area (TPSA) is 52.9 Å². The van der Waals surface area contributed by atoms with E-state index in [2.05, 4.69) is 11.8 Å². The molecule has 0 fully saturated rings. The summed E-state index contributed by atoms with van der Waals surface area (Å²) >= 11 is 0. The Morgan fingerprint density at radius 1 is 1.35 bits per heavy atom. The van der Waals surface area contributed by atoms with Crippen molar-refractivity contribution in [2.24, 2.45) is 4.99 Å². The van der Waals surface area contributed by atoms with Crippen LogP contribution in [0.2, 0.25) is 0 Å². The van der Waals surface area contributed by atoms with Gasteiger partial charge in [-0.2, -0.15) is 0 Å². The van der Waals surface area contributed by atoms with Crippen molar-refractivity contribution in [1.29, 1.82) is 0 Å². The van der Waals surface area contributed by atoms with E-state index in [1.807, 2.05) is 38.4 Å². The highest BCUT2D eigenvalue weighted by Crippen LogP contribution is 2.45. The van der Waals surface area contributed by atoms with Crippen LogP contribution >= 0.6 is 0 Å². The van der Waals surface area contributed by atoms with Crippen LogP contribution < -0.4 is 0 Å². The average molecular weight is 274 g/mol. The first kappa shape index (κ1) is 14.7. The number of hydrogen-bond acceptors (Lipinski definition) is 3. The number of aliphatic carboxylic acids is 1. The summed E-state index contributed by atoms with van der Waals surface area (Å²) < 4.78 is 0. The van der Waals surface area contributed by atoms with E-state index >= 15 is 0 Å². The van der Waals surface area contributed by atoms with E-state index in [1.54, 1.807) is 0 Å². The Morgan fingerprint density at radius 3 is 2.65 bits per heavy atom. The van der Waals surface area contributed by atoms with Crippen molar-refractivity contribution in [2.75, 3.05) is 20.6 Å². The molecule has 0 bridgehead atoms. The van der Waals surface area contributed by atoms with Crippen molar-refractivity contribution in [3.8, 4) is 0 Å². The zero-order valence-electron chi connectivity index (χ0n) is 12.4. The second kappa shape index (κ2) is 5.75. The second-order valence-corrected chi connectivity index (χ2v) is 5.64. The van der Waals surface area contributed by atoms with Gasteiger partial charge in [0.25, 0.3) is 0 Å². The van der Waals surface area contributed by atoms with Crippen molar-refractivity contribution < 1.29 is 9.90 Å². The predicted molar refractivity (Wildman–Crippen MR) is 80.9 cm³/mol. The SMILES string of the molecule is CCC1(CC(=O)O)C(CCN(C)C)=Nc2ccccc21. The molecule has 1 aromatic rings. The highest BCUT2D eigenvalue weighted by atomic mass is 16.4. The van der Waals surface area contributed by atoms with Gasteiger partial charge in [-0.25, -0.2) is 0 Å². The quantitative estimate of drug-likeness (QED) is 0.868. The third kappa shape index (κ3) is 2.61. The smallest absolute Gasteiger partial charge is 0.304 e. The van der Waals surface area contributed by atoms with E-state index in [4.69, 9.17) is 4.99 Å². The molecule has 0 saturated heterocycles. The lowest BCUT2D eigenvalue weighted by Gasteiger charge is -2.30. The fraction of sp³-hybridized carbons (Fsp3) is 0.500. The summed E-state index contributed by atoms with van der Waals surface area (Å²) in [6, 6.07) is 7.92. The van der Waals surface area contributed by atoms with Crippen LogP contribution in [0.4, 0.5) is 5.69 Å². The monoisotopic (exact) mass is 274 g/mol. The largest absolute Gasteiger partial charge is 0.481 e. The molecule has 4 heteroatoms. The van der Waals surface area contributed by atoms with Crippen molar-refractivity contribution in [1.82, 2.24) is 4.90 Å². The molecule has 0 spiro atoms. The van der Waals surface area contributed by atoms with Crippen molar-refractivity contribution in [2.45, 2.75) is 31.6 Å². The van der Waals surface area contributed by atoms with Gasteiger partial charge >= 0.3 is 5.97 Å². The standard InChI is InChI=1S/C16H22N2O2/c1-4-16(11-15(19)20)12-7-5-6-8-13(12)17-14(16)9-10-18(2)3/h5-8H,4,9-11H2,1-3H3,(H,19,20). The molecule has 20 heavy (non-hydrogen) atoms. The highest BCUT2D eigenvalue weighted by molar-refractivity contribution is 6.04. The molecule has 4 nitrogen and oxygen atoms in total. The molecule has 0 radical (unpaired) electrons. The first-order valence-electron chi connectivity index (χ1n) is 7.03. The molecule has 0 aliphatic carbocycles. The minimum absolute atomic E-state index is 0.118. The van der Waals surface area contributed by atoms with Crippen molar-refractivity contribution >= 4 is 17.4 Å². The third-order valence-electron chi connectivity index (χ3n) is 4.08. The van der Waals surface area contributed by atoms with Gasteiger partial charge < -0.3 is 10.0 Å². The number of carbonyl (C=O) groups is 1. The van der Waals surface area contributed by atoms with Crippen LogP contribution in [0.15, 0.2) is 29.3 Å². The van der Waals surface area contributed by atoms with Crippen molar-refractivity contribution in [3.63, 3.8) is 0 Å². The highest BCUT2D eigenvalue weighted by Gasteiger charge is 2.43. The maximum atomic E-state index is 11.3. The molecule has 1 heterocycles. The Bertz CT molecular complexity index is 537. The molecular formula is C16H22N2O2. The molecule has 1 aromatic carbocycles. The number of rotatable bonds is 6. The summed E-state index contributed by atoms with van der Waals surface area (Å²) in [6.45, 7) is 2.93. The van der Waals surface area contributed by atoms with Crippen molar-refractivity contribution in [3.05, 3.63) is 29.8 Å². The summed E-state index contributed by atoms with van der Waals surface area (Å²) in [4.78, 5) is 18.2. The van der Waals surface area contributed by atoms with Gasteiger partial charge in [0.1, 0.15) is 0 Å². The maximum absolute atomic E-state index is 11.3. The first-order valence-corrected chi connectivity index (χ1v) is 7.03. The zero-order valence-corrected chi connectivity index (χ0v) is 12.4. The van der Waals surface area contributed by atoms with Crippen LogP contribution in [-0.4, -0.2) is 42.3 Å². The molecule has 1 atom stereocenters. The second-order valence-electron chi connectivity index (χ2n) is 5.64. The van der Waals surface area contributed by atoms with Crippen LogP contribution in [0.5, 0.6) is 0 Å².